The van der Waals surface area contributed by atoms with Crippen molar-refractivity contribution < 1.29 is 4.40 Å². The number of rotatable bonds is 3. The van der Waals surface area contributed by atoms with Crippen molar-refractivity contribution in [2.24, 2.45) is 23.0 Å². The van der Waals surface area contributed by atoms with Crippen LogP contribution in [-0.2, 0) is 7.05 Å². The standard InChI is InChI=1S/C19H21N6S/c1-23-17(13-24-9-3-2-4-18(23)24)16-7-5-15(6-8-16)12-21-22-19(20)25-10-11-26-14-25/h2-9,12-13H,10-11,14H2,1H3,(H2,20,22)/q+1/b21-12+. The molecule has 0 radical (unpaired) electrons. The zero-order valence-electron chi connectivity index (χ0n) is 14.6. The van der Waals surface area contributed by atoms with Gasteiger partial charge < -0.3 is 10.6 Å². The summed E-state index contributed by atoms with van der Waals surface area (Å²) in [5, 5.41) is 8.21. The first kappa shape index (κ1) is 16.7. The van der Waals surface area contributed by atoms with Crippen molar-refractivity contribution in [2.45, 2.75) is 0 Å². The van der Waals surface area contributed by atoms with E-state index in [-0.39, 0.29) is 0 Å². The first-order chi connectivity index (χ1) is 12.7. The minimum absolute atomic E-state index is 0.482. The molecule has 0 unspecified atom stereocenters. The molecule has 0 spiro atoms. The Morgan fingerprint density at radius 1 is 1.23 bits per heavy atom. The molecule has 6 nitrogen and oxygen atoms in total. The Kier molecular flexibility index (Phi) is 4.62. The van der Waals surface area contributed by atoms with E-state index >= 15 is 0 Å². The zero-order valence-corrected chi connectivity index (χ0v) is 15.4. The van der Waals surface area contributed by atoms with E-state index in [1.165, 1.54) is 0 Å². The number of pyridine rings is 1. The van der Waals surface area contributed by atoms with E-state index in [1.54, 1.807) is 6.21 Å². The fourth-order valence-corrected chi connectivity index (χ4v) is 3.96. The van der Waals surface area contributed by atoms with Crippen molar-refractivity contribution >= 4 is 29.6 Å². The van der Waals surface area contributed by atoms with Crippen molar-refractivity contribution in [2.75, 3.05) is 18.2 Å². The molecule has 0 amide bonds. The molecule has 2 N–H and O–H groups in total. The van der Waals surface area contributed by atoms with Crippen molar-refractivity contribution in [1.29, 1.82) is 0 Å². The minimum atomic E-state index is 0.482. The lowest BCUT2D eigenvalue weighted by atomic mass is 10.1. The van der Waals surface area contributed by atoms with Crippen LogP contribution in [0.5, 0.6) is 0 Å². The fourth-order valence-electron chi connectivity index (χ4n) is 3.00. The summed E-state index contributed by atoms with van der Waals surface area (Å²) in [5.41, 5.74) is 10.4. The molecule has 1 aromatic carbocycles. The second-order valence-corrected chi connectivity index (χ2v) is 7.24. The number of nitrogens with two attached hydrogens (primary N) is 1. The van der Waals surface area contributed by atoms with Gasteiger partial charge in [0.05, 0.1) is 25.3 Å². The number of thioether (sulfide) groups is 1. The summed E-state index contributed by atoms with van der Waals surface area (Å²) in [5.74, 6) is 2.46. The number of fused-ring (bicyclic) bond motifs is 1. The van der Waals surface area contributed by atoms with E-state index in [1.807, 2.05) is 40.9 Å². The SMILES string of the molecule is Cn1c(-c2ccc(/C=N/N=C(/N)N3CCSC3)cc2)c[n+]2ccccc12. The average Bonchev–Trinajstić information content (AvgIpc) is 3.31. The quantitative estimate of drug-likeness (QED) is 0.335. The molecule has 26 heavy (non-hydrogen) atoms. The fraction of sp³-hybridized carbons (Fsp3) is 0.211. The molecular formula is C19H21N6S+. The lowest BCUT2D eigenvalue weighted by Gasteiger charge is -2.12. The van der Waals surface area contributed by atoms with Crippen LogP contribution in [0.3, 0.4) is 0 Å². The number of aromatic nitrogens is 2. The summed E-state index contributed by atoms with van der Waals surface area (Å²) >= 11 is 1.85. The summed E-state index contributed by atoms with van der Waals surface area (Å²) in [4.78, 5) is 2.03. The van der Waals surface area contributed by atoms with Crippen molar-refractivity contribution in [3.05, 3.63) is 60.4 Å². The highest BCUT2D eigenvalue weighted by Gasteiger charge is 2.15. The predicted octanol–water partition coefficient (Wildman–Crippen LogP) is 2.09. The van der Waals surface area contributed by atoms with Crippen LogP contribution in [0.4, 0.5) is 0 Å². The summed E-state index contributed by atoms with van der Waals surface area (Å²) in [6.45, 7) is 0.938. The van der Waals surface area contributed by atoms with Gasteiger partial charge in [-0.2, -0.15) is 5.10 Å². The predicted molar refractivity (Wildman–Crippen MR) is 107 cm³/mol. The van der Waals surface area contributed by atoms with Gasteiger partial charge in [0.25, 0.3) is 5.65 Å². The smallest absolute Gasteiger partial charge is 0.286 e. The number of imidazole rings is 1. The third-order valence-corrected chi connectivity index (χ3v) is 5.45. The third-order valence-electron chi connectivity index (χ3n) is 4.48. The molecule has 0 aliphatic carbocycles. The zero-order chi connectivity index (χ0) is 17.9. The number of guanidine groups is 1. The third kappa shape index (κ3) is 3.30. The van der Waals surface area contributed by atoms with Crippen molar-refractivity contribution in [1.82, 2.24) is 9.47 Å². The van der Waals surface area contributed by atoms with Crippen LogP contribution in [0.15, 0.2) is 65.1 Å². The Balaban J connectivity index is 1.52. The Labute approximate surface area is 156 Å². The summed E-state index contributed by atoms with van der Waals surface area (Å²) in [6.07, 6.45) is 5.93. The van der Waals surface area contributed by atoms with Gasteiger partial charge >= 0.3 is 0 Å². The van der Waals surface area contributed by atoms with Crippen LogP contribution in [0.2, 0.25) is 0 Å². The first-order valence-corrected chi connectivity index (χ1v) is 9.63. The molecule has 3 heterocycles. The number of hydrogen-bond donors (Lipinski definition) is 1. The highest BCUT2D eigenvalue weighted by atomic mass is 32.2. The number of benzene rings is 1. The lowest BCUT2D eigenvalue weighted by molar-refractivity contribution is -0.510. The molecule has 1 saturated heterocycles. The van der Waals surface area contributed by atoms with Gasteiger partial charge in [0.15, 0.2) is 5.69 Å². The highest BCUT2D eigenvalue weighted by Crippen LogP contribution is 2.19. The Hall–Kier alpha value is -2.80. The van der Waals surface area contributed by atoms with E-state index in [0.717, 1.165) is 40.6 Å². The van der Waals surface area contributed by atoms with Gasteiger partial charge in [0.1, 0.15) is 6.20 Å². The monoisotopic (exact) mass is 365 g/mol. The molecule has 7 heteroatoms. The van der Waals surface area contributed by atoms with E-state index in [9.17, 15) is 0 Å². The number of aryl methyl sites for hydroxylation is 1. The topological polar surface area (TPSA) is 63.0 Å². The van der Waals surface area contributed by atoms with E-state index < -0.39 is 0 Å². The molecule has 132 valence electrons. The highest BCUT2D eigenvalue weighted by molar-refractivity contribution is 7.99. The van der Waals surface area contributed by atoms with Crippen LogP contribution < -0.4 is 10.1 Å². The van der Waals surface area contributed by atoms with Gasteiger partial charge in [0, 0.05) is 23.9 Å². The maximum atomic E-state index is 5.94. The van der Waals surface area contributed by atoms with Crippen LogP contribution in [-0.4, -0.2) is 39.8 Å². The normalized spacial score (nSPS) is 15.4. The first-order valence-electron chi connectivity index (χ1n) is 8.48. The maximum Gasteiger partial charge on any atom is 0.286 e. The Morgan fingerprint density at radius 2 is 2.08 bits per heavy atom. The molecule has 4 rings (SSSR count). The second-order valence-electron chi connectivity index (χ2n) is 6.17. The van der Waals surface area contributed by atoms with Gasteiger partial charge in [-0.3, -0.25) is 0 Å². The summed E-state index contributed by atoms with van der Waals surface area (Å²) in [6, 6.07) is 14.5. The van der Waals surface area contributed by atoms with E-state index in [2.05, 4.69) is 56.8 Å². The molecule has 1 aliphatic heterocycles. The van der Waals surface area contributed by atoms with Gasteiger partial charge in [0.2, 0.25) is 5.96 Å². The van der Waals surface area contributed by atoms with E-state index in [4.69, 9.17) is 5.73 Å². The van der Waals surface area contributed by atoms with Crippen LogP contribution >= 0.6 is 11.8 Å². The van der Waals surface area contributed by atoms with Crippen molar-refractivity contribution in [3.63, 3.8) is 0 Å². The lowest BCUT2D eigenvalue weighted by Crippen LogP contribution is -2.34. The number of nitrogens with zero attached hydrogens (tertiary/aromatic N) is 5. The largest absolute Gasteiger partial charge is 0.368 e. The van der Waals surface area contributed by atoms with Crippen LogP contribution in [0, 0.1) is 0 Å². The molecule has 3 aromatic rings. The summed E-state index contributed by atoms with van der Waals surface area (Å²) < 4.78 is 4.31. The van der Waals surface area contributed by atoms with Gasteiger partial charge in [-0.05, 0) is 23.8 Å². The Morgan fingerprint density at radius 3 is 2.81 bits per heavy atom. The van der Waals surface area contributed by atoms with Crippen LogP contribution in [0.1, 0.15) is 5.56 Å². The molecule has 0 bridgehead atoms. The van der Waals surface area contributed by atoms with Gasteiger partial charge in [-0.25, -0.2) is 8.97 Å². The summed E-state index contributed by atoms with van der Waals surface area (Å²) in [7, 11) is 2.08. The minimum Gasteiger partial charge on any atom is -0.368 e. The molecule has 0 saturated carbocycles. The Bertz CT molecular complexity index is 967. The average molecular weight is 365 g/mol. The molecular weight excluding hydrogens is 344 g/mol. The molecule has 1 aliphatic rings. The number of hydrogen-bond acceptors (Lipinski definition) is 3. The van der Waals surface area contributed by atoms with E-state index in [0.29, 0.717) is 5.96 Å². The second kappa shape index (κ2) is 7.21. The van der Waals surface area contributed by atoms with Gasteiger partial charge in [-0.15, -0.1) is 16.9 Å². The molecule has 1 fully saturated rings. The van der Waals surface area contributed by atoms with Gasteiger partial charge in [-0.1, -0.05) is 18.2 Å². The maximum absolute atomic E-state index is 5.94. The molecule has 2 aromatic heterocycles. The van der Waals surface area contributed by atoms with Crippen molar-refractivity contribution in [3.8, 4) is 11.3 Å². The van der Waals surface area contributed by atoms with Crippen LogP contribution in [0.25, 0.3) is 16.9 Å². The molecule has 0 atom stereocenters.